The summed E-state index contributed by atoms with van der Waals surface area (Å²) in [6, 6.07) is 11.9. The molecule has 2 aromatic rings. The number of amides is 1. The van der Waals surface area contributed by atoms with Crippen LogP contribution in [0.25, 0.3) is 0 Å². The highest BCUT2D eigenvalue weighted by atomic mass is 16.5. The lowest BCUT2D eigenvalue weighted by molar-refractivity contribution is 0.102. The summed E-state index contributed by atoms with van der Waals surface area (Å²) in [4.78, 5) is 12.2. The molecule has 4 N–H and O–H groups in total. The molecule has 0 aliphatic rings. The highest BCUT2D eigenvalue weighted by Gasteiger charge is 2.10. The monoisotopic (exact) mass is 286 g/mol. The zero-order valence-electron chi connectivity index (χ0n) is 12.0. The van der Waals surface area contributed by atoms with E-state index in [2.05, 4.69) is 5.32 Å². The first-order chi connectivity index (χ1) is 10.0. The van der Waals surface area contributed by atoms with Crippen molar-refractivity contribution in [3.8, 4) is 5.75 Å². The molecule has 1 atom stereocenters. The first-order valence-corrected chi connectivity index (χ1v) is 6.54. The van der Waals surface area contributed by atoms with Crippen molar-refractivity contribution in [3.05, 3.63) is 53.6 Å². The van der Waals surface area contributed by atoms with E-state index >= 15 is 0 Å². The minimum atomic E-state index is -0.585. The molecule has 0 saturated heterocycles. The van der Waals surface area contributed by atoms with Crippen molar-refractivity contribution in [1.82, 2.24) is 0 Å². The van der Waals surface area contributed by atoms with Crippen molar-refractivity contribution in [3.63, 3.8) is 0 Å². The standard InChI is InChI=1S/C16H18N2O3/c1-10(19)11-4-3-5-13(8-11)18-16(20)12-6-7-15(21-2)14(17)9-12/h3-10,19H,17H2,1-2H3,(H,18,20)/t10-/m1/s1. The molecule has 0 bridgehead atoms. The van der Waals surface area contributed by atoms with Crippen LogP contribution in [-0.4, -0.2) is 18.1 Å². The maximum absolute atomic E-state index is 12.2. The number of anilines is 2. The molecule has 0 aliphatic heterocycles. The van der Waals surface area contributed by atoms with Crippen LogP contribution >= 0.6 is 0 Å². The summed E-state index contributed by atoms with van der Waals surface area (Å²) in [5, 5.41) is 12.3. The Morgan fingerprint density at radius 1 is 1.29 bits per heavy atom. The Morgan fingerprint density at radius 2 is 2.05 bits per heavy atom. The smallest absolute Gasteiger partial charge is 0.255 e. The van der Waals surface area contributed by atoms with E-state index in [1.807, 2.05) is 0 Å². The van der Waals surface area contributed by atoms with Gasteiger partial charge in [0.05, 0.1) is 18.9 Å². The molecule has 0 heterocycles. The van der Waals surface area contributed by atoms with E-state index in [0.717, 1.165) is 5.56 Å². The molecule has 5 nitrogen and oxygen atoms in total. The summed E-state index contributed by atoms with van der Waals surface area (Å²) >= 11 is 0. The molecule has 1 amide bonds. The predicted octanol–water partition coefficient (Wildman–Crippen LogP) is 2.58. The maximum Gasteiger partial charge on any atom is 0.255 e. The summed E-state index contributed by atoms with van der Waals surface area (Å²) in [6.07, 6.45) is -0.585. The average molecular weight is 286 g/mol. The van der Waals surface area contributed by atoms with E-state index < -0.39 is 6.10 Å². The fourth-order valence-corrected chi connectivity index (χ4v) is 1.96. The first kappa shape index (κ1) is 14.9. The highest BCUT2D eigenvalue weighted by Crippen LogP contribution is 2.23. The van der Waals surface area contributed by atoms with Crippen LogP contribution in [0.2, 0.25) is 0 Å². The summed E-state index contributed by atoms with van der Waals surface area (Å²) in [5.74, 6) is 0.259. The van der Waals surface area contributed by atoms with E-state index in [0.29, 0.717) is 22.7 Å². The van der Waals surface area contributed by atoms with Gasteiger partial charge in [-0.3, -0.25) is 4.79 Å². The van der Waals surface area contributed by atoms with E-state index in [9.17, 15) is 9.90 Å². The Hall–Kier alpha value is -2.53. The Morgan fingerprint density at radius 3 is 2.67 bits per heavy atom. The molecule has 5 heteroatoms. The largest absolute Gasteiger partial charge is 0.495 e. The van der Waals surface area contributed by atoms with Crippen molar-refractivity contribution < 1.29 is 14.6 Å². The molecule has 110 valence electrons. The molecule has 21 heavy (non-hydrogen) atoms. The van der Waals surface area contributed by atoms with E-state index in [4.69, 9.17) is 10.5 Å². The van der Waals surface area contributed by atoms with Crippen LogP contribution in [0.3, 0.4) is 0 Å². The average Bonchev–Trinajstić information content (AvgIpc) is 2.47. The van der Waals surface area contributed by atoms with Gasteiger partial charge in [-0.1, -0.05) is 12.1 Å². The van der Waals surface area contributed by atoms with Crippen LogP contribution in [0.1, 0.15) is 28.9 Å². The van der Waals surface area contributed by atoms with Crippen molar-refractivity contribution in [2.75, 3.05) is 18.2 Å². The van der Waals surface area contributed by atoms with Crippen molar-refractivity contribution in [2.24, 2.45) is 0 Å². The second-order valence-corrected chi connectivity index (χ2v) is 4.71. The topological polar surface area (TPSA) is 84.6 Å². The molecular formula is C16H18N2O3. The number of rotatable bonds is 4. The van der Waals surface area contributed by atoms with Gasteiger partial charge in [-0.05, 0) is 42.8 Å². The van der Waals surface area contributed by atoms with Gasteiger partial charge in [0.25, 0.3) is 5.91 Å². The predicted molar refractivity (Wildman–Crippen MR) is 82.4 cm³/mol. The van der Waals surface area contributed by atoms with E-state index in [1.54, 1.807) is 49.4 Å². The number of carbonyl (C=O) groups is 1. The number of carbonyl (C=O) groups excluding carboxylic acids is 1. The normalized spacial score (nSPS) is 11.8. The SMILES string of the molecule is COc1ccc(C(=O)Nc2cccc([C@@H](C)O)c2)cc1N. The summed E-state index contributed by atoms with van der Waals surface area (Å²) in [5.41, 5.74) is 7.99. The second-order valence-electron chi connectivity index (χ2n) is 4.71. The lowest BCUT2D eigenvalue weighted by Gasteiger charge is -2.10. The third kappa shape index (κ3) is 3.52. The van der Waals surface area contributed by atoms with Crippen LogP contribution in [0, 0.1) is 0 Å². The van der Waals surface area contributed by atoms with Gasteiger partial charge in [-0.25, -0.2) is 0 Å². The van der Waals surface area contributed by atoms with Crippen molar-refractivity contribution in [1.29, 1.82) is 0 Å². The Labute approximate surface area is 123 Å². The lowest BCUT2D eigenvalue weighted by Crippen LogP contribution is -2.12. The molecule has 0 aromatic heterocycles. The molecular weight excluding hydrogens is 268 g/mol. The Bertz CT molecular complexity index is 654. The number of aliphatic hydroxyl groups is 1. The number of hydrogen-bond donors (Lipinski definition) is 3. The number of benzene rings is 2. The van der Waals surface area contributed by atoms with Crippen molar-refractivity contribution in [2.45, 2.75) is 13.0 Å². The summed E-state index contributed by atoms with van der Waals surface area (Å²) in [6.45, 7) is 1.67. The van der Waals surface area contributed by atoms with Crippen LogP contribution in [0.5, 0.6) is 5.75 Å². The minimum absolute atomic E-state index is 0.271. The molecule has 0 radical (unpaired) electrons. The minimum Gasteiger partial charge on any atom is -0.495 e. The molecule has 0 saturated carbocycles. The van der Waals surface area contributed by atoms with Crippen molar-refractivity contribution >= 4 is 17.3 Å². The fraction of sp³-hybridized carbons (Fsp3) is 0.188. The molecule has 0 fully saturated rings. The van der Waals surface area contributed by atoms with Crippen LogP contribution in [0.4, 0.5) is 11.4 Å². The van der Waals surface area contributed by atoms with Gasteiger partial charge in [0, 0.05) is 11.3 Å². The highest BCUT2D eigenvalue weighted by molar-refractivity contribution is 6.05. The van der Waals surface area contributed by atoms with Gasteiger partial charge in [-0.2, -0.15) is 0 Å². The first-order valence-electron chi connectivity index (χ1n) is 6.54. The summed E-state index contributed by atoms with van der Waals surface area (Å²) in [7, 11) is 1.52. The Kier molecular flexibility index (Phi) is 4.45. The molecule has 2 rings (SSSR count). The Balaban J connectivity index is 2.18. The lowest BCUT2D eigenvalue weighted by atomic mass is 10.1. The van der Waals surface area contributed by atoms with E-state index in [-0.39, 0.29) is 5.91 Å². The van der Waals surface area contributed by atoms with E-state index in [1.165, 1.54) is 7.11 Å². The van der Waals surface area contributed by atoms with Gasteiger partial charge < -0.3 is 20.9 Å². The fourth-order valence-electron chi connectivity index (χ4n) is 1.96. The number of aliphatic hydroxyl groups excluding tert-OH is 1. The number of ether oxygens (including phenoxy) is 1. The number of nitrogens with two attached hydrogens (primary N) is 1. The van der Waals surface area contributed by atoms with Crippen LogP contribution < -0.4 is 15.8 Å². The third-order valence-electron chi connectivity index (χ3n) is 3.12. The molecule has 0 spiro atoms. The van der Waals surface area contributed by atoms with Gasteiger partial charge in [0.2, 0.25) is 0 Å². The third-order valence-corrected chi connectivity index (χ3v) is 3.12. The van der Waals surface area contributed by atoms with Gasteiger partial charge >= 0.3 is 0 Å². The molecule has 0 aliphatic carbocycles. The van der Waals surface area contributed by atoms with Gasteiger partial charge in [0.15, 0.2) is 0 Å². The number of methoxy groups -OCH3 is 1. The zero-order chi connectivity index (χ0) is 15.4. The van der Waals surface area contributed by atoms with Gasteiger partial charge in [-0.15, -0.1) is 0 Å². The van der Waals surface area contributed by atoms with Gasteiger partial charge in [0.1, 0.15) is 5.75 Å². The maximum atomic E-state index is 12.2. The number of nitrogen functional groups attached to an aromatic ring is 1. The molecule has 2 aromatic carbocycles. The number of hydrogen-bond acceptors (Lipinski definition) is 4. The summed E-state index contributed by atoms with van der Waals surface area (Å²) < 4.78 is 5.06. The number of nitrogens with one attached hydrogen (secondary N) is 1. The second kappa shape index (κ2) is 6.28. The quantitative estimate of drug-likeness (QED) is 0.754. The molecule has 0 unspecified atom stereocenters. The zero-order valence-corrected chi connectivity index (χ0v) is 12.0. The van der Waals surface area contributed by atoms with Crippen LogP contribution in [0.15, 0.2) is 42.5 Å². The van der Waals surface area contributed by atoms with Crippen LogP contribution in [-0.2, 0) is 0 Å².